The number of likely N-dealkylation sites (tertiary alicyclic amines) is 1. The van der Waals surface area contributed by atoms with Gasteiger partial charge in [0, 0.05) is 38.6 Å². The predicted molar refractivity (Wildman–Crippen MR) is 125 cm³/mol. The molecule has 2 rings (SSSR count). The third kappa shape index (κ3) is 6.65. The highest BCUT2D eigenvalue weighted by Crippen LogP contribution is 2.39. The molecule has 0 radical (unpaired) electrons. The number of Topliss-reactive ketones (excluding diaryl/α,β-unsaturated/α-hetero) is 1. The number of ether oxygens (including phenoxy) is 2. The van der Waals surface area contributed by atoms with Crippen molar-refractivity contribution in [1.82, 2.24) is 10.2 Å². The Morgan fingerprint density at radius 2 is 2.03 bits per heavy atom. The molecule has 1 N–H and O–H groups in total. The lowest BCUT2D eigenvalue weighted by molar-refractivity contribution is -0.143. The van der Waals surface area contributed by atoms with Gasteiger partial charge in [-0.1, -0.05) is 33.4 Å². The summed E-state index contributed by atoms with van der Waals surface area (Å²) in [6.45, 7) is 15.5. The van der Waals surface area contributed by atoms with E-state index in [4.69, 9.17) is 13.9 Å². The zero-order valence-electron chi connectivity index (χ0n) is 20.4. The van der Waals surface area contributed by atoms with E-state index in [0.29, 0.717) is 26.2 Å². The Labute approximate surface area is 193 Å². The lowest BCUT2D eigenvalue weighted by atomic mass is 9.66. The van der Waals surface area contributed by atoms with Gasteiger partial charge in [-0.05, 0) is 30.8 Å². The van der Waals surface area contributed by atoms with Crippen molar-refractivity contribution in [3.8, 4) is 0 Å². The minimum absolute atomic E-state index is 0.00458. The second-order valence-electron chi connectivity index (χ2n) is 10.2. The van der Waals surface area contributed by atoms with Gasteiger partial charge in [0.1, 0.15) is 12.4 Å². The number of amides is 2. The summed E-state index contributed by atoms with van der Waals surface area (Å²) in [7, 11) is 0.355. The number of hydrogen-bond donors (Lipinski definition) is 1. The summed E-state index contributed by atoms with van der Waals surface area (Å²) in [6.07, 6.45) is 1.85. The van der Waals surface area contributed by atoms with Gasteiger partial charge in [-0.2, -0.15) is 0 Å². The standard InChI is InChI=1S/C23H40N2O6Si/c1-8-9-30-22(28)25-12-15(10-16(25)13-29-5)19(26)11-18-20(21(27)24-18)17(23(2,3)4)14-31-32(6)7/h8,15-18,20,32H,1,9-14H2,2-7H3,(H,24,27)/t15?,16-,17+,18+,20-/m0/s1. The average Bonchev–Trinajstić information content (AvgIpc) is 3.12. The fourth-order valence-corrected chi connectivity index (χ4v) is 5.20. The van der Waals surface area contributed by atoms with Crippen molar-refractivity contribution in [3.05, 3.63) is 12.7 Å². The molecular formula is C23H40N2O6Si. The molecule has 32 heavy (non-hydrogen) atoms. The zero-order valence-corrected chi connectivity index (χ0v) is 21.5. The fourth-order valence-electron chi connectivity index (χ4n) is 4.61. The van der Waals surface area contributed by atoms with Crippen LogP contribution in [0.25, 0.3) is 0 Å². The molecule has 182 valence electrons. The van der Waals surface area contributed by atoms with Crippen LogP contribution in [0.4, 0.5) is 4.79 Å². The third-order valence-electron chi connectivity index (χ3n) is 6.43. The molecule has 0 bridgehead atoms. The maximum atomic E-state index is 13.2. The molecule has 1 unspecified atom stereocenters. The van der Waals surface area contributed by atoms with Crippen LogP contribution in [0, 0.1) is 23.2 Å². The van der Waals surface area contributed by atoms with E-state index in [1.54, 1.807) is 12.0 Å². The smallest absolute Gasteiger partial charge is 0.410 e. The normalized spacial score (nSPS) is 26.5. The Hall–Kier alpha value is -1.71. The molecule has 0 spiro atoms. The predicted octanol–water partition coefficient (Wildman–Crippen LogP) is 2.38. The SMILES string of the molecule is C=CCOC(=O)N1CC(C(=O)C[C@H]2NC(=O)[C@H]2[C@@H](CO[SiH](C)C)C(C)(C)C)C[C@H]1COC. The first-order valence-corrected chi connectivity index (χ1v) is 14.3. The molecular weight excluding hydrogens is 428 g/mol. The molecule has 0 aromatic heterocycles. The van der Waals surface area contributed by atoms with Gasteiger partial charge in [0.25, 0.3) is 0 Å². The molecule has 2 aliphatic heterocycles. The van der Waals surface area contributed by atoms with Crippen molar-refractivity contribution < 1.29 is 28.3 Å². The number of methoxy groups -OCH3 is 1. The number of hydrogen-bond acceptors (Lipinski definition) is 6. The topological polar surface area (TPSA) is 94.2 Å². The summed E-state index contributed by atoms with van der Waals surface area (Å²) in [5.41, 5.74) is -0.115. The van der Waals surface area contributed by atoms with Gasteiger partial charge < -0.3 is 24.1 Å². The highest BCUT2D eigenvalue weighted by molar-refractivity contribution is 6.48. The fraction of sp³-hybridized carbons (Fsp3) is 0.783. The highest BCUT2D eigenvalue weighted by Gasteiger charge is 2.50. The minimum Gasteiger partial charge on any atom is -0.445 e. The van der Waals surface area contributed by atoms with Crippen molar-refractivity contribution >= 4 is 26.8 Å². The molecule has 8 nitrogen and oxygen atoms in total. The molecule has 2 amide bonds. The van der Waals surface area contributed by atoms with Crippen molar-refractivity contribution in [2.75, 3.05) is 33.5 Å². The first-order valence-electron chi connectivity index (χ1n) is 11.5. The second kappa shape index (κ2) is 11.4. The molecule has 2 saturated heterocycles. The summed E-state index contributed by atoms with van der Waals surface area (Å²) in [5.74, 6) is -0.435. The second-order valence-corrected chi connectivity index (χ2v) is 12.7. The van der Waals surface area contributed by atoms with E-state index >= 15 is 0 Å². The van der Waals surface area contributed by atoms with Crippen LogP contribution >= 0.6 is 0 Å². The van der Waals surface area contributed by atoms with Crippen LogP contribution in [0.1, 0.15) is 33.6 Å². The van der Waals surface area contributed by atoms with Gasteiger partial charge in [0.05, 0.1) is 18.6 Å². The third-order valence-corrected chi connectivity index (χ3v) is 7.29. The first-order chi connectivity index (χ1) is 15.0. The van der Waals surface area contributed by atoms with Gasteiger partial charge in [0.2, 0.25) is 5.91 Å². The Balaban J connectivity index is 2.04. The lowest BCUT2D eigenvalue weighted by Gasteiger charge is -2.46. The number of carbonyl (C=O) groups is 3. The monoisotopic (exact) mass is 468 g/mol. The summed E-state index contributed by atoms with van der Waals surface area (Å²) in [4.78, 5) is 39.6. The van der Waals surface area contributed by atoms with Gasteiger partial charge in [0.15, 0.2) is 9.04 Å². The first kappa shape index (κ1) is 26.5. The number of nitrogens with zero attached hydrogens (tertiary/aromatic N) is 1. The largest absolute Gasteiger partial charge is 0.445 e. The van der Waals surface area contributed by atoms with E-state index in [0.717, 1.165) is 0 Å². The van der Waals surface area contributed by atoms with E-state index in [-0.39, 0.29) is 60.0 Å². The quantitative estimate of drug-likeness (QED) is 0.284. The van der Waals surface area contributed by atoms with E-state index in [9.17, 15) is 14.4 Å². The summed E-state index contributed by atoms with van der Waals surface area (Å²) in [6, 6.07) is -0.399. The van der Waals surface area contributed by atoms with Gasteiger partial charge >= 0.3 is 6.09 Å². The van der Waals surface area contributed by atoms with Crippen LogP contribution in [0.2, 0.25) is 13.1 Å². The number of ketones is 1. The Kier molecular flexibility index (Phi) is 9.48. The van der Waals surface area contributed by atoms with Crippen molar-refractivity contribution in [1.29, 1.82) is 0 Å². The lowest BCUT2D eigenvalue weighted by Crippen LogP contribution is -2.64. The molecule has 0 aromatic rings. The van der Waals surface area contributed by atoms with Crippen molar-refractivity contribution in [2.45, 2.75) is 58.8 Å². The molecule has 2 aliphatic rings. The van der Waals surface area contributed by atoms with Crippen LogP contribution in [0.15, 0.2) is 12.7 Å². The van der Waals surface area contributed by atoms with Gasteiger partial charge in [-0.15, -0.1) is 0 Å². The summed E-state index contributed by atoms with van der Waals surface area (Å²) < 4.78 is 16.4. The van der Waals surface area contributed by atoms with Crippen LogP contribution in [-0.4, -0.2) is 77.3 Å². The van der Waals surface area contributed by atoms with Crippen LogP contribution in [-0.2, 0) is 23.5 Å². The summed E-state index contributed by atoms with van der Waals surface area (Å²) >= 11 is 0. The van der Waals surface area contributed by atoms with Gasteiger partial charge in [-0.25, -0.2) is 4.79 Å². The Bertz CT molecular complexity index is 692. The van der Waals surface area contributed by atoms with E-state index in [1.807, 2.05) is 0 Å². The zero-order chi connectivity index (χ0) is 24.1. The van der Waals surface area contributed by atoms with Crippen molar-refractivity contribution in [3.63, 3.8) is 0 Å². The molecule has 2 heterocycles. The van der Waals surface area contributed by atoms with Crippen molar-refractivity contribution in [2.24, 2.45) is 23.2 Å². The molecule has 5 atom stereocenters. The average molecular weight is 469 g/mol. The van der Waals surface area contributed by atoms with Crippen LogP contribution in [0.3, 0.4) is 0 Å². The molecule has 0 aromatic carbocycles. The number of β-lactam (4-membered cyclic amide) rings is 1. The van der Waals surface area contributed by atoms with Crippen LogP contribution < -0.4 is 5.32 Å². The number of rotatable bonds is 11. The number of carbonyl (C=O) groups excluding carboxylic acids is 3. The summed E-state index contributed by atoms with van der Waals surface area (Å²) in [5, 5.41) is 2.94. The van der Waals surface area contributed by atoms with Crippen LogP contribution in [0.5, 0.6) is 0 Å². The molecule has 0 aliphatic carbocycles. The molecule has 2 fully saturated rings. The minimum atomic E-state index is -1.22. The molecule has 0 saturated carbocycles. The van der Waals surface area contributed by atoms with E-state index < -0.39 is 15.1 Å². The Morgan fingerprint density at radius 3 is 2.56 bits per heavy atom. The number of nitrogens with one attached hydrogen (secondary N) is 1. The Morgan fingerprint density at radius 1 is 1.34 bits per heavy atom. The van der Waals surface area contributed by atoms with E-state index in [2.05, 4.69) is 45.8 Å². The van der Waals surface area contributed by atoms with Gasteiger partial charge in [-0.3, -0.25) is 9.59 Å². The maximum Gasteiger partial charge on any atom is 0.410 e. The maximum absolute atomic E-state index is 13.2. The van der Waals surface area contributed by atoms with E-state index in [1.165, 1.54) is 6.08 Å². The highest BCUT2D eigenvalue weighted by atomic mass is 28.3. The molecule has 9 heteroatoms.